The van der Waals surface area contributed by atoms with Gasteiger partial charge < -0.3 is 10.6 Å². The van der Waals surface area contributed by atoms with Crippen LogP contribution in [-0.2, 0) is 19.6 Å². The molecule has 0 saturated carbocycles. The Hall–Kier alpha value is -2.71. The summed E-state index contributed by atoms with van der Waals surface area (Å²) in [5.41, 5.74) is 4.31. The quantitative estimate of drug-likeness (QED) is 0.629. The highest BCUT2D eigenvalue weighted by Gasteiger charge is 2.34. The summed E-state index contributed by atoms with van der Waals surface area (Å²) in [6, 6.07) is 10.7. The lowest BCUT2D eigenvalue weighted by Gasteiger charge is -2.35. The number of hydrogen-bond acceptors (Lipinski definition) is 4. The van der Waals surface area contributed by atoms with E-state index in [4.69, 9.17) is 0 Å². The van der Waals surface area contributed by atoms with Gasteiger partial charge >= 0.3 is 11.8 Å². The van der Waals surface area contributed by atoms with E-state index in [1.165, 1.54) is 0 Å². The maximum atomic E-state index is 13.4. The molecule has 2 aromatic carbocycles. The van der Waals surface area contributed by atoms with Crippen molar-refractivity contribution < 1.29 is 18.0 Å². The number of carbonyl (C=O) groups excluding carboxylic acids is 2. The Morgan fingerprint density at radius 2 is 1.67 bits per heavy atom. The number of amides is 2. The highest BCUT2D eigenvalue weighted by molar-refractivity contribution is 7.89. The van der Waals surface area contributed by atoms with Gasteiger partial charge in [0.2, 0.25) is 10.0 Å². The molecule has 178 valence electrons. The van der Waals surface area contributed by atoms with E-state index in [2.05, 4.69) is 10.6 Å². The normalized spacial score (nSPS) is 16.9. The molecule has 0 spiro atoms. The average molecular weight is 472 g/mol. The first-order valence-corrected chi connectivity index (χ1v) is 12.8. The van der Waals surface area contributed by atoms with Gasteiger partial charge in [-0.15, -0.1) is 0 Å². The predicted octanol–water partition coefficient (Wildman–Crippen LogP) is 3.61. The molecule has 0 unspecified atom stereocenters. The molecule has 1 heterocycles. The number of piperidine rings is 1. The monoisotopic (exact) mass is 471 g/mol. The Bertz CT molecular complexity index is 1140. The lowest BCUT2D eigenvalue weighted by molar-refractivity contribution is -0.136. The van der Waals surface area contributed by atoms with Gasteiger partial charge in [0.15, 0.2) is 0 Å². The van der Waals surface area contributed by atoms with Gasteiger partial charge in [0.25, 0.3) is 0 Å². The molecule has 2 aromatic rings. The zero-order valence-corrected chi connectivity index (χ0v) is 20.6. The van der Waals surface area contributed by atoms with E-state index >= 15 is 0 Å². The molecule has 0 aromatic heterocycles. The van der Waals surface area contributed by atoms with Crippen LogP contribution in [0.2, 0.25) is 0 Å². The first kappa shape index (κ1) is 24.9. The second-order valence-corrected chi connectivity index (χ2v) is 10.7. The first-order valence-electron chi connectivity index (χ1n) is 11.3. The van der Waals surface area contributed by atoms with Crippen molar-refractivity contribution >= 4 is 27.5 Å². The van der Waals surface area contributed by atoms with Gasteiger partial charge in [-0.25, -0.2) is 8.42 Å². The van der Waals surface area contributed by atoms with E-state index in [9.17, 15) is 18.0 Å². The third kappa shape index (κ3) is 6.00. The van der Waals surface area contributed by atoms with Gasteiger partial charge in [-0.05, 0) is 87.4 Å². The minimum absolute atomic E-state index is 0.216. The molecule has 1 fully saturated rings. The lowest BCUT2D eigenvalue weighted by atomic mass is 10.0. The fourth-order valence-corrected chi connectivity index (χ4v) is 6.17. The highest BCUT2D eigenvalue weighted by Crippen LogP contribution is 2.29. The SMILES string of the molecule is Cc1ccc(C)c(S(=O)(=O)N2CCCC[C@H]2CCNC(=O)C(=O)Nc2ccc(C)c(C)c2)c1. The third-order valence-corrected chi connectivity index (χ3v) is 8.33. The zero-order chi connectivity index (χ0) is 24.2. The number of hydrogen-bond donors (Lipinski definition) is 2. The molecule has 7 nitrogen and oxygen atoms in total. The Balaban J connectivity index is 1.61. The van der Waals surface area contributed by atoms with E-state index in [1.54, 1.807) is 23.4 Å². The van der Waals surface area contributed by atoms with Crippen LogP contribution in [0.25, 0.3) is 0 Å². The molecule has 2 N–H and O–H groups in total. The van der Waals surface area contributed by atoms with E-state index in [-0.39, 0.29) is 12.6 Å². The summed E-state index contributed by atoms with van der Waals surface area (Å²) < 4.78 is 28.4. The topological polar surface area (TPSA) is 95.6 Å². The molecule has 1 atom stereocenters. The van der Waals surface area contributed by atoms with Gasteiger partial charge in [0.05, 0.1) is 4.90 Å². The van der Waals surface area contributed by atoms with Crippen LogP contribution in [0.1, 0.15) is 47.9 Å². The fourth-order valence-electron chi connectivity index (χ4n) is 4.13. The summed E-state index contributed by atoms with van der Waals surface area (Å²) in [6.45, 7) is 8.28. The summed E-state index contributed by atoms with van der Waals surface area (Å²) >= 11 is 0. The van der Waals surface area contributed by atoms with E-state index < -0.39 is 21.8 Å². The molecule has 2 amide bonds. The minimum Gasteiger partial charge on any atom is -0.348 e. The smallest absolute Gasteiger partial charge is 0.313 e. The average Bonchev–Trinajstić information content (AvgIpc) is 2.78. The van der Waals surface area contributed by atoms with Gasteiger partial charge in [-0.2, -0.15) is 4.31 Å². The number of rotatable bonds is 6. The zero-order valence-electron chi connectivity index (χ0n) is 19.8. The Kier molecular flexibility index (Phi) is 7.92. The maximum Gasteiger partial charge on any atom is 0.313 e. The van der Waals surface area contributed by atoms with Gasteiger partial charge in [0.1, 0.15) is 0 Å². The van der Waals surface area contributed by atoms with Crippen LogP contribution in [-0.4, -0.2) is 43.7 Å². The summed E-state index contributed by atoms with van der Waals surface area (Å²) in [5, 5.41) is 5.24. The van der Waals surface area contributed by atoms with Crippen LogP contribution in [0.3, 0.4) is 0 Å². The summed E-state index contributed by atoms with van der Waals surface area (Å²) in [7, 11) is -3.64. The van der Waals surface area contributed by atoms with Crippen molar-refractivity contribution in [3.05, 3.63) is 58.7 Å². The Morgan fingerprint density at radius 3 is 2.39 bits per heavy atom. The van der Waals surface area contributed by atoms with E-state index in [0.29, 0.717) is 23.5 Å². The highest BCUT2D eigenvalue weighted by atomic mass is 32.2. The second-order valence-electron chi connectivity index (χ2n) is 8.83. The van der Waals surface area contributed by atoms with Crippen LogP contribution in [0.4, 0.5) is 5.69 Å². The number of sulfonamides is 1. The molecule has 1 aliphatic heterocycles. The van der Waals surface area contributed by atoms with Crippen molar-refractivity contribution in [2.45, 2.75) is 64.3 Å². The summed E-state index contributed by atoms with van der Waals surface area (Å²) in [6.07, 6.45) is 2.93. The molecular weight excluding hydrogens is 438 g/mol. The van der Waals surface area contributed by atoms with Crippen LogP contribution in [0.15, 0.2) is 41.3 Å². The molecule has 3 rings (SSSR count). The second kappa shape index (κ2) is 10.5. The fraction of sp³-hybridized carbons (Fsp3) is 0.440. The summed E-state index contributed by atoms with van der Waals surface area (Å²) in [5.74, 6) is -1.46. The maximum absolute atomic E-state index is 13.4. The Morgan fingerprint density at radius 1 is 0.939 bits per heavy atom. The van der Waals surface area contributed by atoms with Crippen molar-refractivity contribution in [1.82, 2.24) is 9.62 Å². The number of nitrogens with one attached hydrogen (secondary N) is 2. The molecule has 1 aliphatic rings. The molecule has 0 aliphatic carbocycles. The molecule has 0 bridgehead atoms. The van der Waals surface area contributed by atoms with Crippen LogP contribution < -0.4 is 10.6 Å². The third-order valence-electron chi connectivity index (χ3n) is 6.24. The number of carbonyl (C=O) groups is 2. The van der Waals surface area contributed by atoms with Crippen LogP contribution >= 0.6 is 0 Å². The molecule has 1 saturated heterocycles. The number of anilines is 1. The van der Waals surface area contributed by atoms with Gasteiger partial charge in [-0.3, -0.25) is 9.59 Å². The van der Waals surface area contributed by atoms with Crippen LogP contribution in [0.5, 0.6) is 0 Å². The molecule has 33 heavy (non-hydrogen) atoms. The van der Waals surface area contributed by atoms with Crippen molar-refractivity contribution in [3.63, 3.8) is 0 Å². The predicted molar refractivity (Wildman–Crippen MR) is 130 cm³/mol. The first-order chi connectivity index (χ1) is 15.6. The van der Waals surface area contributed by atoms with Crippen molar-refractivity contribution in [2.75, 3.05) is 18.4 Å². The standard InChI is InChI=1S/C25H33N3O4S/c1-17-8-9-19(3)23(15-17)33(31,32)28-14-6-5-7-22(28)12-13-26-24(29)25(30)27-21-11-10-18(2)20(4)16-21/h8-11,15-16,22H,5-7,12-14H2,1-4H3,(H,26,29)(H,27,30)/t22-/m0/s1. The molecular formula is C25H33N3O4S. The van der Waals surface area contributed by atoms with Crippen LogP contribution in [0, 0.1) is 27.7 Å². The molecule has 8 heteroatoms. The number of benzene rings is 2. The van der Waals surface area contributed by atoms with Crippen molar-refractivity contribution in [3.8, 4) is 0 Å². The van der Waals surface area contributed by atoms with Gasteiger partial charge in [-0.1, -0.05) is 24.6 Å². The van der Waals surface area contributed by atoms with Crippen molar-refractivity contribution in [1.29, 1.82) is 0 Å². The van der Waals surface area contributed by atoms with E-state index in [0.717, 1.165) is 41.5 Å². The summed E-state index contributed by atoms with van der Waals surface area (Å²) in [4.78, 5) is 24.8. The lowest BCUT2D eigenvalue weighted by Crippen LogP contribution is -2.46. The number of nitrogens with zero attached hydrogens (tertiary/aromatic N) is 1. The van der Waals surface area contributed by atoms with E-state index in [1.807, 2.05) is 45.0 Å². The molecule has 0 radical (unpaired) electrons. The number of aryl methyl sites for hydroxylation is 4. The largest absolute Gasteiger partial charge is 0.348 e. The Labute approximate surface area is 196 Å². The van der Waals surface area contributed by atoms with Crippen molar-refractivity contribution in [2.24, 2.45) is 0 Å². The minimum atomic E-state index is -3.64. The van der Waals surface area contributed by atoms with Gasteiger partial charge in [0, 0.05) is 24.8 Å².